The molecule has 0 rings (SSSR count). The molecule has 0 saturated carbocycles. The van der Waals surface area contributed by atoms with Gasteiger partial charge in [-0.1, -0.05) is 13.8 Å². The van der Waals surface area contributed by atoms with Gasteiger partial charge in [-0.15, -0.1) is 0 Å². The van der Waals surface area contributed by atoms with Crippen molar-refractivity contribution >= 4 is 15.9 Å². The Balaban J connectivity index is 4.70. The third-order valence-corrected chi connectivity index (χ3v) is 5.19. The number of carbonyl (C=O) groups excluding carboxylic acids is 1. The van der Waals surface area contributed by atoms with Crippen LogP contribution in [0.3, 0.4) is 0 Å². The smallest absolute Gasteiger partial charge is 0.223 e. The Kier molecular flexibility index (Phi) is 6.66. The highest BCUT2D eigenvalue weighted by Gasteiger charge is 2.29. The van der Waals surface area contributed by atoms with Crippen molar-refractivity contribution in [2.24, 2.45) is 11.7 Å². The number of nitrogens with two attached hydrogens (primary N) is 1. The molecule has 2 unspecified atom stereocenters. The Bertz CT molecular complexity index is 339. The fourth-order valence-corrected chi connectivity index (χ4v) is 3.18. The average Bonchev–Trinajstić information content (AvgIpc) is 2.28. The fraction of sp³-hybridized carbons (Fsp3) is 0.900. The predicted octanol–water partition coefficient (Wildman–Crippen LogP) is -0.633. The lowest BCUT2D eigenvalue weighted by molar-refractivity contribution is -0.124. The van der Waals surface area contributed by atoms with E-state index in [1.165, 1.54) is 18.4 Å². The summed E-state index contributed by atoms with van der Waals surface area (Å²) in [5, 5.41) is 1.91. The van der Waals surface area contributed by atoms with Gasteiger partial charge in [-0.05, 0) is 6.42 Å². The molecule has 0 aromatic heterocycles. The van der Waals surface area contributed by atoms with Crippen molar-refractivity contribution in [2.75, 3.05) is 27.2 Å². The SMILES string of the molecule is CCC(CN)S(=O)(=O)N(C)CC(C)C(=O)NC. The van der Waals surface area contributed by atoms with Gasteiger partial charge in [-0.3, -0.25) is 4.79 Å². The van der Waals surface area contributed by atoms with E-state index in [-0.39, 0.29) is 24.9 Å². The lowest BCUT2D eigenvalue weighted by Crippen LogP contribution is -2.43. The maximum absolute atomic E-state index is 12.1. The van der Waals surface area contributed by atoms with Crippen LogP contribution in [-0.2, 0) is 14.8 Å². The third kappa shape index (κ3) is 4.25. The summed E-state index contributed by atoms with van der Waals surface area (Å²) in [5.74, 6) is -0.553. The zero-order chi connectivity index (χ0) is 13.6. The molecule has 102 valence electrons. The molecule has 0 radical (unpaired) electrons. The lowest BCUT2D eigenvalue weighted by Gasteiger charge is -2.24. The van der Waals surface area contributed by atoms with E-state index in [0.29, 0.717) is 6.42 Å². The number of amides is 1. The van der Waals surface area contributed by atoms with Crippen LogP contribution in [0.5, 0.6) is 0 Å². The van der Waals surface area contributed by atoms with E-state index in [2.05, 4.69) is 5.32 Å². The van der Waals surface area contributed by atoms with Gasteiger partial charge in [0.2, 0.25) is 15.9 Å². The number of hydrogen-bond donors (Lipinski definition) is 2. The molecule has 6 nitrogen and oxygen atoms in total. The van der Waals surface area contributed by atoms with Crippen LogP contribution >= 0.6 is 0 Å². The summed E-state index contributed by atoms with van der Waals surface area (Å²) >= 11 is 0. The molecule has 0 fully saturated rings. The first kappa shape index (κ1) is 16.3. The number of nitrogens with one attached hydrogen (secondary N) is 1. The van der Waals surface area contributed by atoms with Crippen molar-refractivity contribution in [1.82, 2.24) is 9.62 Å². The molecular formula is C10H23N3O3S. The highest BCUT2D eigenvalue weighted by Crippen LogP contribution is 2.11. The zero-order valence-corrected chi connectivity index (χ0v) is 11.8. The highest BCUT2D eigenvalue weighted by molar-refractivity contribution is 7.89. The van der Waals surface area contributed by atoms with E-state index in [1.54, 1.807) is 13.8 Å². The van der Waals surface area contributed by atoms with Gasteiger partial charge in [-0.2, -0.15) is 0 Å². The summed E-state index contributed by atoms with van der Waals surface area (Å²) in [6.45, 7) is 3.73. The standard InChI is InChI=1S/C10H23N3O3S/c1-5-9(6-11)17(15,16)13(4)7-8(2)10(14)12-3/h8-9H,5-7,11H2,1-4H3,(H,12,14). The second kappa shape index (κ2) is 6.93. The minimum absolute atomic E-state index is 0.0948. The summed E-state index contributed by atoms with van der Waals surface area (Å²) in [4.78, 5) is 11.3. The van der Waals surface area contributed by atoms with Crippen LogP contribution in [0.4, 0.5) is 0 Å². The van der Waals surface area contributed by atoms with E-state index < -0.39 is 15.3 Å². The van der Waals surface area contributed by atoms with Crippen molar-refractivity contribution in [3.8, 4) is 0 Å². The minimum atomic E-state index is -3.41. The average molecular weight is 265 g/mol. The molecule has 1 amide bonds. The Labute approximate surface area is 104 Å². The molecule has 0 aromatic rings. The van der Waals surface area contributed by atoms with Crippen molar-refractivity contribution in [1.29, 1.82) is 0 Å². The van der Waals surface area contributed by atoms with Gasteiger partial charge < -0.3 is 11.1 Å². The van der Waals surface area contributed by atoms with E-state index in [9.17, 15) is 13.2 Å². The first-order chi connectivity index (χ1) is 7.81. The molecule has 0 saturated heterocycles. The predicted molar refractivity (Wildman–Crippen MR) is 67.9 cm³/mol. The van der Waals surface area contributed by atoms with Gasteiger partial charge in [0.1, 0.15) is 0 Å². The summed E-state index contributed by atoms with van der Waals surface area (Å²) < 4.78 is 25.3. The molecular weight excluding hydrogens is 242 g/mol. The summed E-state index contributed by atoms with van der Waals surface area (Å²) in [6, 6.07) is 0. The molecule has 0 aromatic carbocycles. The molecule has 17 heavy (non-hydrogen) atoms. The van der Waals surface area contributed by atoms with Crippen LogP contribution in [-0.4, -0.2) is 51.1 Å². The van der Waals surface area contributed by atoms with E-state index in [1.807, 2.05) is 0 Å². The normalized spacial score (nSPS) is 15.6. The van der Waals surface area contributed by atoms with Crippen LogP contribution in [0, 0.1) is 5.92 Å². The first-order valence-electron chi connectivity index (χ1n) is 5.68. The highest BCUT2D eigenvalue weighted by atomic mass is 32.2. The molecule has 0 aliphatic rings. The van der Waals surface area contributed by atoms with Crippen LogP contribution < -0.4 is 11.1 Å². The van der Waals surface area contributed by atoms with Gasteiger partial charge in [0.05, 0.1) is 5.25 Å². The number of nitrogens with zero attached hydrogens (tertiary/aromatic N) is 1. The topological polar surface area (TPSA) is 92.5 Å². The molecule has 0 spiro atoms. The van der Waals surface area contributed by atoms with Gasteiger partial charge >= 0.3 is 0 Å². The Hall–Kier alpha value is -0.660. The van der Waals surface area contributed by atoms with E-state index in [4.69, 9.17) is 5.73 Å². The molecule has 0 bridgehead atoms. The number of hydrogen-bond acceptors (Lipinski definition) is 4. The minimum Gasteiger partial charge on any atom is -0.359 e. The van der Waals surface area contributed by atoms with Gasteiger partial charge in [0.25, 0.3) is 0 Å². The second-order valence-corrected chi connectivity index (χ2v) is 6.43. The summed E-state index contributed by atoms with van der Waals surface area (Å²) in [7, 11) is -0.401. The number of sulfonamides is 1. The van der Waals surface area contributed by atoms with Crippen molar-refractivity contribution in [2.45, 2.75) is 25.5 Å². The second-order valence-electron chi connectivity index (χ2n) is 4.11. The Morgan fingerprint density at radius 3 is 2.35 bits per heavy atom. The van der Waals surface area contributed by atoms with Crippen LogP contribution in [0.1, 0.15) is 20.3 Å². The maximum atomic E-state index is 12.1. The summed E-state index contributed by atoms with van der Waals surface area (Å²) in [6.07, 6.45) is 0.470. The van der Waals surface area contributed by atoms with Gasteiger partial charge in [0.15, 0.2) is 0 Å². The van der Waals surface area contributed by atoms with Crippen molar-refractivity contribution < 1.29 is 13.2 Å². The van der Waals surface area contributed by atoms with Crippen molar-refractivity contribution in [3.05, 3.63) is 0 Å². The molecule has 7 heteroatoms. The quantitative estimate of drug-likeness (QED) is 0.641. The van der Waals surface area contributed by atoms with E-state index >= 15 is 0 Å². The van der Waals surface area contributed by atoms with E-state index in [0.717, 1.165) is 0 Å². The number of carbonyl (C=O) groups is 1. The monoisotopic (exact) mass is 265 g/mol. The zero-order valence-electron chi connectivity index (χ0n) is 10.9. The largest absolute Gasteiger partial charge is 0.359 e. The fourth-order valence-electron chi connectivity index (χ4n) is 1.57. The Morgan fingerprint density at radius 1 is 1.47 bits per heavy atom. The first-order valence-corrected chi connectivity index (χ1v) is 7.18. The molecule has 0 aliphatic heterocycles. The molecule has 0 aliphatic carbocycles. The van der Waals surface area contributed by atoms with Crippen LogP contribution in [0.25, 0.3) is 0 Å². The molecule has 3 N–H and O–H groups in total. The summed E-state index contributed by atoms with van der Waals surface area (Å²) in [5.41, 5.74) is 5.44. The Morgan fingerprint density at radius 2 is 2.00 bits per heavy atom. The number of rotatable bonds is 7. The van der Waals surface area contributed by atoms with Gasteiger partial charge in [-0.25, -0.2) is 12.7 Å². The molecule has 2 atom stereocenters. The maximum Gasteiger partial charge on any atom is 0.223 e. The van der Waals surface area contributed by atoms with Crippen LogP contribution in [0.15, 0.2) is 0 Å². The lowest BCUT2D eigenvalue weighted by atomic mass is 10.2. The van der Waals surface area contributed by atoms with Gasteiger partial charge in [0, 0.05) is 33.1 Å². The van der Waals surface area contributed by atoms with Crippen molar-refractivity contribution in [3.63, 3.8) is 0 Å². The third-order valence-electron chi connectivity index (χ3n) is 2.80. The van der Waals surface area contributed by atoms with Crippen LogP contribution in [0.2, 0.25) is 0 Å². The molecule has 0 heterocycles.